The second-order valence-electron chi connectivity index (χ2n) is 3.98. The molecule has 2 heterocycles. The van der Waals surface area contributed by atoms with Crippen LogP contribution >= 0.6 is 11.6 Å². The van der Waals surface area contributed by atoms with E-state index in [0.29, 0.717) is 5.65 Å². The molecule has 2 nitrogen and oxygen atoms in total. The van der Waals surface area contributed by atoms with Crippen LogP contribution in [0, 0.1) is 5.82 Å². The molecule has 3 rings (SSSR count). The second-order valence-corrected chi connectivity index (χ2v) is 4.25. The SMILES string of the molecule is Fc1ccc2nc(-c3ccccc3)c(CCl)n2c1. The standard InChI is InChI=1S/C14H10ClFN2/c15-8-12-14(10-4-2-1-3-5-10)17-13-7-6-11(16)9-18(12)13/h1-7,9H,8H2. The Morgan fingerprint density at radius 2 is 1.89 bits per heavy atom. The molecule has 0 saturated carbocycles. The number of nitrogens with zero attached hydrogens (tertiary/aromatic N) is 2. The molecule has 0 spiro atoms. The molecule has 0 N–H and O–H groups in total. The van der Waals surface area contributed by atoms with Crippen LogP contribution in [0.4, 0.5) is 4.39 Å². The molecule has 0 atom stereocenters. The van der Waals surface area contributed by atoms with Crippen LogP contribution < -0.4 is 0 Å². The zero-order valence-electron chi connectivity index (χ0n) is 9.48. The Hall–Kier alpha value is -1.87. The highest BCUT2D eigenvalue weighted by Gasteiger charge is 2.13. The summed E-state index contributed by atoms with van der Waals surface area (Å²) in [5.41, 5.74) is 3.29. The lowest BCUT2D eigenvalue weighted by molar-refractivity contribution is 0.618. The van der Waals surface area contributed by atoms with E-state index < -0.39 is 0 Å². The van der Waals surface area contributed by atoms with Crippen LogP contribution in [0.5, 0.6) is 0 Å². The zero-order chi connectivity index (χ0) is 12.5. The van der Waals surface area contributed by atoms with Crippen molar-refractivity contribution in [3.63, 3.8) is 0 Å². The number of hydrogen-bond acceptors (Lipinski definition) is 1. The smallest absolute Gasteiger partial charge is 0.139 e. The van der Waals surface area contributed by atoms with Crippen molar-refractivity contribution in [2.75, 3.05) is 0 Å². The normalized spacial score (nSPS) is 11.0. The largest absolute Gasteiger partial charge is 0.299 e. The van der Waals surface area contributed by atoms with Gasteiger partial charge in [-0.2, -0.15) is 0 Å². The third-order valence-electron chi connectivity index (χ3n) is 2.86. The predicted molar refractivity (Wildman–Crippen MR) is 70.1 cm³/mol. The van der Waals surface area contributed by atoms with Crippen LogP contribution in [0.2, 0.25) is 0 Å². The summed E-state index contributed by atoms with van der Waals surface area (Å²) in [5.74, 6) is -0.0136. The van der Waals surface area contributed by atoms with Crippen LogP contribution in [0.3, 0.4) is 0 Å². The lowest BCUT2D eigenvalue weighted by Gasteiger charge is -2.01. The monoisotopic (exact) mass is 260 g/mol. The molecule has 0 radical (unpaired) electrons. The number of alkyl halides is 1. The number of pyridine rings is 1. The molecule has 0 fully saturated rings. The number of fused-ring (bicyclic) bond motifs is 1. The van der Waals surface area contributed by atoms with Gasteiger partial charge in [-0.25, -0.2) is 9.37 Å². The lowest BCUT2D eigenvalue weighted by Crippen LogP contribution is -1.92. The predicted octanol–water partition coefficient (Wildman–Crippen LogP) is 3.88. The van der Waals surface area contributed by atoms with Gasteiger partial charge in [-0.1, -0.05) is 30.3 Å². The number of imidazole rings is 1. The summed E-state index contributed by atoms with van der Waals surface area (Å²) in [7, 11) is 0. The van der Waals surface area contributed by atoms with Gasteiger partial charge in [0.25, 0.3) is 0 Å². The van der Waals surface area contributed by atoms with Gasteiger partial charge in [0.05, 0.1) is 17.3 Å². The molecule has 3 aromatic rings. The summed E-state index contributed by atoms with van der Waals surface area (Å²) in [5, 5.41) is 0. The first-order chi connectivity index (χ1) is 8.79. The van der Waals surface area contributed by atoms with E-state index in [2.05, 4.69) is 4.98 Å². The van der Waals surface area contributed by atoms with E-state index in [-0.39, 0.29) is 11.7 Å². The quantitative estimate of drug-likeness (QED) is 0.639. The third-order valence-corrected chi connectivity index (χ3v) is 3.11. The van der Waals surface area contributed by atoms with Crippen LogP contribution in [-0.4, -0.2) is 9.38 Å². The fraction of sp³-hybridized carbons (Fsp3) is 0.0714. The van der Waals surface area contributed by atoms with Crippen LogP contribution in [0.15, 0.2) is 48.7 Å². The lowest BCUT2D eigenvalue weighted by atomic mass is 10.1. The molecule has 90 valence electrons. The van der Waals surface area contributed by atoms with Gasteiger partial charge >= 0.3 is 0 Å². The Bertz CT molecular complexity index is 692. The highest BCUT2D eigenvalue weighted by molar-refractivity contribution is 6.17. The summed E-state index contributed by atoms with van der Waals surface area (Å²) >= 11 is 5.97. The van der Waals surface area contributed by atoms with Crippen LogP contribution in [-0.2, 0) is 5.88 Å². The summed E-state index contributed by atoms with van der Waals surface area (Å²) < 4.78 is 15.0. The van der Waals surface area contributed by atoms with Gasteiger partial charge in [0.2, 0.25) is 0 Å². The van der Waals surface area contributed by atoms with Gasteiger partial charge in [-0.05, 0) is 12.1 Å². The molecule has 18 heavy (non-hydrogen) atoms. The molecular formula is C14H10ClFN2. The van der Waals surface area contributed by atoms with Gasteiger partial charge in [-0.15, -0.1) is 11.6 Å². The van der Waals surface area contributed by atoms with E-state index in [0.717, 1.165) is 17.0 Å². The van der Waals surface area contributed by atoms with Crippen molar-refractivity contribution in [1.29, 1.82) is 0 Å². The Morgan fingerprint density at radius 3 is 2.61 bits per heavy atom. The summed E-state index contributed by atoms with van der Waals surface area (Å²) in [6.45, 7) is 0. The molecule has 0 amide bonds. The van der Waals surface area contributed by atoms with Crippen molar-refractivity contribution in [3.8, 4) is 11.3 Å². The second kappa shape index (κ2) is 4.42. The van der Waals surface area contributed by atoms with Gasteiger partial charge in [-0.3, -0.25) is 4.40 Å². The fourth-order valence-corrected chi connectivity index (χ4v) is 2.28. The number of hydrogen-bond donors (Lipinski definition) is 0. The molecule has 0 aliphatic rings. The molecular weight excluding hydrogens is 251 g/mol. The summed E-state index contributed by atoms with van der Waals surface area (Å²) in [6, 6.07) is 12.8. The first kappa shape index (κ1) is 11.2. The first-order valence-electron chi connectivity index (χ1n) is 5.57. The van der Waals surface area contributed by atoms with E-state index in [9.17, 15) is 4.39 Å². The average molecular weight is 261 g/mol. The number of benzene rings is 1. The fourth-order valence-electron chi connectivity index (χ4n) is 2.02. The Morgan fingerprint density at radius 1 is 1.11 bits per heavy atom. The summed E-state index contributed by atoms with van der Waals surface area (Å²) in [6.07, 6.45) is 1.41. The minimum atomic E-state index is -0.300. The van der Waals surface area contributed by atoms with E-state index in [4.69, 9.17) is 11.6 Å². The molecule has 4 heteroatoms. The molecule has 0 saturated heterocycles. The number of aromatic nitrogens is 2. The maximum Gasteiger partial charge on any atom is 0.139 e. The Labute approximate surface area is 109 Å². The molecule has 0 unspecified atom stereocenters. The molecule has 2 aromatic heterocycles. The Balaban J connectivity index is 2.30. The highest BCUT2D eigenvalue weighted by atomic mass is 35.5. The zero-order valence-corrected chi connectivity index (χ0v) is 10.2. The molecule has 0 aliphatic carbocycles. The number of halogens is 2. The van der Waals surface area contributed by atoms with Crippen molar-refractivity contribution < 1.29 is 4.39 Å². The van der Waals surface area contributed by atoms with Crippen LogP contribution in [0.25, 0.3) is 16.9 Å². The number of rotatable bonds is 2. The minimum Gasteiger partial charge on any atom is -0.299 e. The van der Waals surface area contributed by atoms with Gasteiger partial charge in [0.15, 0.2) is 0 Å². The highest BCUT2D eigenvalue weighted by Crippen LogP contribution is 2.25. The van der Waals surface area contributed by atoms with Gasteiger partial charge in [0.1, 0.15) is 11.5 Å². The third kappa shape index (κ3) is 1.77. The van der Waals surface area contributed by atoms with E-state index in [1.54, 1.807) is 10.5 Å². The van der Waals surface area contributed by atoms with Crippen molar-refractivity contribution in [2.24, 2.45) is 0 Å². The maximum atomic E-state index is 13.3. The average Bonchev–Trinajstić information content (AvgIpc) is 2.77. The van der Waals surface area contributed by atoms with Gasteiger partial charge < -0.3 is 0 Å². The van der Waals surface area contributed by atoms with Crippen molar-refractivity contribution in [1.82, 2.24) is 9.38 Å². The van der Waals surface area contributed by atoms with E-state index >= 15 is 0 Å². The van der Waals surface area contributed by atoms with Crippen molar-refractivity contribution in [2.45, 2.75) is 5.88 Å². The Kier molecular flexibility index (Phi) is 2.76. The first-order valence-corrected chi connectivity index (χ1v) is 6.11. The molecule has 0 bridgehead atoms. The van der Waals surface area contributed by atoms with E-state index in [1.165, 1.54) is 12.3 Å². The van der Waals surface area contributed by atoms with Crippen molar-refractivity contribution in [3.05, 3.63) is 60.2 Å². The minimum absolute atomic E-state index is 0.287. The summed E-state index contributed by atoms with van der Waals surface area (Å²) in [4.78, 5) is 4.51. The van der Waals surface area contributed by atoms with E-state index in [1.807, 2.05) is 30.3 Å². The molecule has 0 aliphatic heterocycles. The van der Waals surface area contributed by atoms with Gasteiger partial charge in [0, 0.05) is 11.8 Å². The topological polar surface area (TPSA) is 17.3 Å². The van der Waals surface area contributed by atoms with Crippen LogP contribution in [0.1, 0.15) is 5.69 Å². The molecule has 1 aromatic carbocycles. The maximum absolute atomic E-state index is 13.3. The van der Waals surface area contributed by atoms with Crippen molar-refractivity contribution >= 4 is 17.2 Å².